The molecular weight excluding hydrogens is 292 g/mol. The Morgan fingerprint density at radius 3 is 2.78 bits per heavy atom. The first-order valence-corrected chi connectivity index (χ1v) is 8.21. The summed E-state index contributed by atoms with van der Waals surface area (Å²) in [6.45, 7) is 5.75. The minimum Gasteiger partial charge on any atom is -0.355 e. The molecule has 124 valence electrons. The van der Waals surface area contributed by atoms with Gasteiger partial charge in [-0.05, 0) is 18.7 Å². The van der Waals surface area contributed by atoms with Gasteiger partial charge >= 0.3 is 0 Å². The van der Waals surface area contributed by atoms with Crippen LogP contribution in [0.2, 0.25) is 0 Å². The molecular formula is C17H24N4O2. The van der Waals surface area contributed by atoms with Gasteiger partial charge in [-0.25, -0.2) is 0 Å². The number of carbonyl (C=O) groups is 2. The third-order valence-corrected chi connectivity index (χ3v) is 4.65. The quantitative estimate of drug-likeness (QED) is 0.829. The first-order chi connectivity index (χ1) is 11.1. The SMILES string of the molecule is CN1CCN(CCNC(=O)CC2C(=O)Nc3ccccc32)CC1. The summed E-state index contributed by atoms with van der Waals surface area (Å²) in [6.07, 6.45) is 0.214. The Morgan fingerprint density at radius 1 is 1.26 bits per heavy atom. The minimum absolute atomic E-state index is 0.0593. The summed E-state index contributed by atoms with van der Waals surface area (Å²) in [5.41, 5.74) is 1.75. The lowest BCUT2D eigenvalue weighted by Crippen LogP contribution is -2.47. The largest absolute Gasteiger partial charge is 0.355 e. The maximum absolute atomic E-state index is 12.1. The molecule has 0 saturated carbocycles. The van der Waals surface area contributed by atoms with E-state index in [1.807, 2.05) is 24.3 Å². The monoisotopic (exact) mass is 316 g/mol. The van der Waals surface area contributed by atoms with Gasteiger partial charge in [0.15, 0.2) is 0 Å². The van der Waals surface area contributed by atoms with Gasteiger partial charge in [-0.2, -0.15) is 0 Å². The van der Waals surface area contributed by atoms with Crippen molar-refractivity contribution in [1.82, 2.24) is 15.1 Å². The number of nitrogens with one attached hydrogen (secondary N) is 2. The standard InChI is InChI=1S/C17H24N4O2/c1-20-8-10-21(11-9-20)7-6-18-16(22)12-14-13-4-2-3-5-15(13)19-17(14)23/h2-5,14H,6-12H2,1H3,(H,18,22)(H,19,23). The fourth-order valence-electron chi connectivity index (χ4n) is 3.16. The average molecular weight is 316 g/mol. The number of hydrogen-bond acceptors (Lipinski definition) is 4. The Bertz CT molecular complexity index is 582. The van der Waals surface area contributed by atoms with Crippen molar-refractivity contribution in [2.45, 2.75) is 12.3 Å². The number of carbonyl (C=O) groups excluding carboxylic acids is 2. The molecule has 2 amide bonds. The van der Waals surface area contributed by atoms with Crippen molar-refractivity contribution in [3.63, 3.8) is 0 Å². The number of nitrogens with zero attached hydrogens (tertiary/aromatic N) is 2. The third-order valence-electron chi connectivity index (χ3n) is 4.65. The molecule has 0 bridgehead atoms. The van der Waals surface area contributed by atoms with E-state index in [1.165, 1.54) is 0 Å². The molecule has 6 heteroatoms. The van der Waals surface area contributed by atoms with Crippen LogP contribution in [0, 0.1) is 0 Å². The van der Waals surface area contributed by atoms with Crippen LogP contribution < -0.4 is 10.6 Å². The highest BCUT2D eigenvalue weighted by molar-refractivity contribution is 6.04. The Morgan fingerprint density at radius 2 is 2.00 bits per heavy atom. The second-order valence-corrected chi connectivity index (χ2v) is 6.33. The molecule has 1 fully saturated rings. The van der Waals surface area contributed by atoms with Crippen LogP contribution >= 0.6 is 0 Å². The van der Waals surface area contributed by atoms with E-state index in [0.717, 1.165) is 44.0 Å². The minimum atomic E-state index is -0.366. The molecule has 1 aromatic rings. The summed E-state index contributed by atoms with van der Waals surface area (Å²) in [7, 11) is 2.13. The first-order valence-electron chi connectivity index (χ1n) is 8.21. The van der Waals surface area contributed by atoms with Crippen LogP contribution in [0.15, 0.2) is 24.3 Å². The Labute approximate surface area is 136 Å². The number of likely N-dealkylation sites (N-methyl/N-ethyl adjacent to an activating group) is 1. The fourth-order valence-corrected chi connectivity index (χ4v) is 3.16. The van der Waals surface area contributed by atoms with Gasteiger partial charge in [-0.15, -0.1) is 0 Å². The van der Waals surface area contributed by atoms with E-state index >= 15 is 0 Å². The van der Waals surface area contributed by atoms with Crippen LogP contribution in [-0.2, 0) is 9.59 Å². The lowest BCUT2D eigenvalue weighted by atomic mass is 9.97. The van der Waals surface area contributed by atoms with E-state index in [4.69, 9.17) is 0 Å². The molecule has 23 heavy (non-hydrogen) atoms. The van der Waals surface area contributed by atoms with E-state index < -0.39 is 0 Å². The smallest absolute Gasteiger partial charge is 0.232 e. The maximum atomic E-state index is 12.1. The summed E-state index contributed by atoms with van der Waals surface area (Å²) in [5, 5.41) is 5.78. The lowest BCUT2D eigenvalue weighted by molar-refractivity contribution is -0.125. The average Bonchev–Trinajstić information content (AvgIpc) is 2.85. The van der Waals surface area contributed by atoms with Gasteiger partial charge in [-0.1, -0.05) is 18.2 Å². The van der Waals surface area contributed by atoms with Crippen LogP contribution in [0.3, 0.4) is 0 Å². The van der Waals surface area contributed by atoms with Crippen LogP contribution in [0.1, 0.15) is 17.9 Å². The molecule has 2 aliphatic rings. The summed E-state index contributed by atoms with van der Waals surface area (Å²) >= 11 is 0. The zero-order valence-corrected chi connectivity index (χ0v) is 13.5. The van der Waals surface area contributed by atoms with Crippen molar-refractivity contribution in [3.8, 4) is 0 Å². The van der Waals surface area contributed by atoms with E-state index in [1.54, 1.807) is 0 Å². The van der Waals surface area contributed by atoms with Crippen LogP contribution in [0.5, 0.6) is 0 Å². The van der Waals surface area contributed by atoms with Gasteiger partial charge in [0.1, 0.15) is 0 Å². The summed E-state index contributed by atoms with van der Waals surface area (Å²) in [6, 6.07) is 7.57. The first kappa shape index (κ1) is 16.0. The fraction of sp³-hybridized carbons (Fsp3) is 0.529. The van der Waals surface area contributed by atoms with Crippen molar-refractivity contribution >= 4 is 17.5 Å². The van der Waals surface area contributed by atoms with E-state index in [9.17, 15) is 9.59 Å². The number of piperazine rings is 1. The van der Waals surface area contributed by atoms with Gasteiger partial charge in [-0.3, -0.25) is 14.5 Å². The third kappa shape index (κ3) is 3.89. The summed E-state index contributed by atoms with van der Waals surface area (Å²) in [5.74, 6) is -0.508. The van der Waals surface area contributed by atoms with Crippen LogP contribution in [0.25, 0.3) is 0 Å². The molecule has 2 aliphatic heterocycles. The number of para-hydroxylation sites is 1. The van der Waals surface area contributed by atoms with Crippen molar-refractivity contribution in [3.05, 3.63) is 29.8 Å². The molecule has 6 nitrogen and oxygen atoms in total. The highest BCUT2D eigenvalue weighted by atomic mass is 16.2. The molecule has 1 unspecified atom stereocenters. The lowest BCUT2D eigenvalue weighted by Gasteiger charge is -2.32. The zero-order chi connectivity index (χ0) is 16.2. The Balaban J connectivity index is 1.44. The molecule has 1 aromatic carbocycles. The highest BCUT2D eigenvalue weighted by Gasteiger charge is 2.31. The number of anilines is 1. The molecule has 0 radical (unpaired) electrons. The topological polar surface area (TPSA) is 64.7 Å². The Hall–Kier alpha value is -1.92. The van der Waals surface area contributed by atoms with Gasteiger partial charge in [0, 0.05) is 51.4 Å². The summed E-state index contributed by atoms with van der Waals surface area (Å²) in [4.78, 5) is 28.8. The van der Waals surface area contributed by atoms with E-state index in [2.05, 4.69) is 27.5 Å². The normalized spacial score (nSPS) is 21.8. The second kappa shape index (κ2) is 7.10. The predicted octanol–water partition coefficient (Wildman–Crippen LogP) is 0.476. The second-order valence-electron chi connectivity index (χ2n) is 6.33. The van der Waals surface area contributed by atoms with E-state index in [-0.39, 0.29) is 24.2 Å². The molecule has 1 atom stereocenters. The number of hydrogen-bond donors (Lipinski definition) is 2. The van der Waals surface area contributed by atoms with Crippen molar-refractivity contribution < 1.29 is 9.59 Å². The molecule has 1 saturated heterocycles. The van der Waals surface area contributed by atoms with Crippen LogP contribution in [-0.4, -0.2) is 67.9 Å². The molecule has 0 spiro atoms. The van der Waals surface area contributed by atoms with Crippen molar-refractivity contribution in [2.75, 3.05) is 51.6 Å². The van der Waals surface area contributed by atoms with E-state index in [0.29, 0.717) is 6.54 Å². The predicted molar refractivity (Wildman–Crippen MR) is 89.4 cm³/mol. The number of benzene rings is 1. The molecule has 3 rings (SSSR count). The molecule has 0 aliphatic carbocycles. The van der Waals surface area contributed by atoms with Crippen LogP contribution in [0.4, 0.5) is 5.69 Å². The maximum Gasteiger partial charge on any atom is 0.232 e. The van der Waals surface area contributed by atoms with Crippen molar-refractivity contribution in [2.24, 2.45) is 0 Å². The van der Waals surface area contributed by atoms with Gasteiger partial charge in [0.05, 0.1) is 5.92 Å². The Kier molecular flexibility index (Phi) is 4.93. The zero-order valence-electron chi connectivity index (χ0n) is 13.5. The van der Waals surface area contributed by atoms with Gasteiger partial charge in [0.25, 0.3) is 0 Å². The summed E-state index contributed by atoms with van der Waals surface area (Å²) < 4.78 is 0. The molecule has 2 heterocycles. The van der Waals surface area contributed by atoms with Crippen molar-refractivity contribution in [1.29, 1.82) is 0 Å². The number of fused-ring (bicyclic) bond motifs is 1. The molecule has 0 aromatic heterocycles. The number of rotatable bonds is 5. The van der Waals surface area contributed by atoms with Gasteiger partial charge in [0.2, 0.25) is 11.8 Å². The number of amides is 2. The van der Waals surface area contributed by atoms with Gasteiger partial charge < -0.3 is 15.5 Å². The highest BCUT2D eigenvalue weighted by Crippen LogP contribution is 2.34. The molecule has 2 N–H and O–H groups in total.